The number of aliphatic hydroxyl groups is 1. The largest absolute Gasteiger partial charge is 0.384 e. The number of rotatable bonds is 1. The van der Waals surface area contributed by atoms with E-state index in [4.69, 9.17) is 0 Å². The predicted molar refractivity (Wildman–Crippen MR) is 66.3 cm³/mol. The van der Waals surface area contributed by atoms with E-state index in [2.05, 4.69) is 0 Å². The van der Waals surface area contributed by atoms with Crippen molar-refractivity contribution in [2.45, 2.75) is 38.0 Å². The van der Waals surface area contributed by atoms with Gasteiger partial charge < -0.3 is 5.11 Å². The molecule has 1 fully saturated rings. The van der Waals surface area contributed by atoms with Crippen LogP contribution in [0.4, 0.5) is 4.39 Å². The van der Waals surface area contributed by atoms with Gasteiger partial charge in [-0.05, 0) is 43.2 Å². The fraction of sp³-hybridized carbons (Fsp3) is 0.538. The van der Waals surface area contributed by atoms with Gasteiger partial charge in [0.2, 0.25) is 0 Å². The summed E-state index contributed by atoms with van der Waals surface area (Å²) in [5.41, 5.74) is 1.26. The highest BCUT2D eigenvalue weighted by Gasteiger charge is 2.43. The molecule has 0 bridgehead atoms. The summed E-state index contributed by atoms with van der Waals surface area (Å²) in [5.74, 6) is 0.624. The molecule has 16 heavy (non-hydrogen) atoms. The molecule has 0 radical (unpaired) electrons. The van der Waals surface area contributed by atoms with Gasteiger partial charge in [0.25, 0.3) is 0 Å². The van der Waals surface area contributed by atoms with Gasteiger partial charge in [0.1, 0.15) is 11.4 Å². The smallest absolute Gasteiger partial charge is 0.129 e. The molecule has 1 aliphatic heterocycles. The Labute approximate surface area is 100 Å². The summed E-state index contributed by atoms with van der Waals surface area (Å²) in [6.07, 6.45) is 0.639. The van der Waals surface area contributed by atoms with E-state index in [-0.39, 0.29) is 11.1 Å². The third-order valence-electron chi connectivity index (χ3n) is 3.39. The molecule has 88 valence electrons. The number of benzene rings is 1. The van der Waals surface area contributed by atoms with Gasteiger partial charge in [0, 0.05) is 10.8 Å². The van der Waals surface area contributed by atoms with Crippen LogP contribution in [0.25, 0.3) is 0 Å². The Morgan fingerprint density at radius 3 is 2.62 bits per heavy atom. The molecule has 1 heterocycles. The summed E-state index contributed by atoms with van der Waals surface area (Å²) in [7, 11) is 0. The summed E-state index contributed by atoms with van der Waals surface area (Å²) < 4.78 is 14.0. The lowest BCUT2D eigenvalue weighted by Crippen LogP contribution is -2.33. The highest BCUT2D eigenvalue weighted by Crippen LogP contribution is 2.45. The molecule has 0 saturated carbocycles. The van der Waals surface area contributed by atoms with Gasteiger partial charge in [-0.1, -0.05) is 13.0 Å². The van der Waals surface area contributed by atoms with Gasteiger partial charge in [0.15, 0.2) is 0 Å². The molecule has 2 unspecified atom stereocenters. The van der Waals surface area contributed by atoms with E-state index in [0.717, 1.165) is 16.9 Å². The molecular weight excluding hydrogens is 223 g/mol. The SMILES string of the molecule is Cc1cc(C)c(C2(O)CCSC2C)c(F)c1. The fourth-order valence-corrected chi connectivity index (χ4v) is 3.82. The van der Waals surface area contributed by atoms with Gasteiger partial charge in [-0.2, -0.15) is 11.8 Å². The van der Waals surface area contributed by atoms with E-state index in [1.165, 1.54) is 6.07 Å². The third kappa shape index (κ3) is 1.76. The Balaban J connectivity index is 2.55. The van der Waals surface area contributed by atoms with Crippen molar-refractivity contribution < 1.29 is 9.50 Å². The molecular formula is C13H17FOS. The van der Waals surface area contributed by atoms with Crippen molar-refractivity contribution in [1.29, 1.82) is 0 Å². The summed E-state index contributed by atoms with van der Waals surface area (Å²) in [4.78, 5) is 0. The van der Waals surface area contributed by atoms with E-state index < -0.39 is 5.60 Å². The van der Waals surface area contributed by atoms with Crippen molar-refractivity contribution >= 4 is 11.8 Å². The van der Waals surface area contributed by atoms with Crippen molar-refractivity contribution in [3.8, 4) is 0 Å². The quantitative estimate of drug-likeness (QED) is 0.813. The maximum Gasteiger partial charge on any atom is 0.129 e. The Bertz CT molecular complexity index is 395. The minimum absolute atomic E-state index is 0.0587. The number of thioether (sulfide) groups is 1. The molecule has 2 atom stereocenters. The molecule has 3 heteroatoms. The zero-order chi connectivity index (χ0) is 11.9. The molecule has 0 spiro atoms. The van der Waals surface area contributed by atoms with Crippen LogP contribution in [0, 0.1) is 19.7 Å². The van der Waals surface area contributed by atoms with Crippen LogP contribution >= 0.6 is 11.8 Å². The minimum Gasteiger partial charge on any atom is -0.384 e. The molecule has 0 aromatic heterocycles. The molecule has 1 aromatic carbocycles. The maximum atomic E-state index is 14.0. The lowest BCUT2D eigenvalue weighted by atomic mass is 9.84. The topological polar surface area (TPSA) is 20.2 Å². The van der Waals surface area contributed by atoms with E-state index in [9.17, 15) is 9.50 Å². The summed E-state index contributed by atoms with van der Waals surface area (Å²) in [6, 6.07) is 3.45. The lowest BCUT2D eigenvalue weighted by molar-refractivity contribution is 0.0383. The minimum atomic E-state index is -0.994. The van der Waals surface area contributed by atoms with E-state index in [0.29, 0.717) is 12.0 Å². The fourth-order valence-electron chi connectivity index (χ4n) is 2.52. The number of hydrogen-bond acceptors (Lipinski definition) is 2. The average molecular weight is 240 g/mol. The molecule has 0 aliphatic carbocycles. The van der Waals surface area contributed by atoms with Crippen LogP contribution in [0.1, 0.15) is 30.0 Å². The van der Waals surface area contributed by atoms with Crippen LogP contribution < -0.4 is 0 Å². The first-order valence-electron chi connectivity index (χ1n) is 5.56. The van der Waals surface area contributed by atoms with Gasteiger partial charge in [-0.25, -0.2) is 4.39 Å². The molecule has 1 aromatic rings. The average Bonchev–Trinajstić information content (AvgIpc) is 2.45. The van der Waals surface area contributed by atoms with Gasteiger partial charge in [-0.15, -0.1) is 0 Å². The number of aryl methyl sites for hydroxylation is 2. The first-order valence-corrected chi connectivity index (χ1v) is 6.61. The van der Waals surface area contributed by atoms with Crippen molar-refractivity contribution in [1.82, 2.24) is 0 Å². The molecule has 1 nitrogen and oxygen atoms in total. The second-order valence-electron chi connectivity index (χ2n) is 4.63. The Kier molecular flexibility index (Phi) is 3.01. The van der Waals surface area contributed by atoms with Crippen molar-refractivity contribution in [3.63, 3.8) is 0 Å². The first-order chi connectivity index (χ1) is 7.45. The van der Waals surface area contributed by atoms with Crippen molar-refractivity contribution in [3.05, 3.63) is 34.6 Å². The van der Waals surface area contributed by atoms with Crippen LogP contribution in [-0.4, -0.2) is 16.1 Å². The van der Waals surface area contributed by atoms with Gasteiger partial charge >= 0.3 is 0 Å². The first kappa shape index (κ1) is 11.9. The molecule has 0 amide bonds. The molecule has 1 saturated heterocycles. The maximum absolute atomic E-state index is 14.0. The van der Waals surface area contributed by atoms with Crippen LogP contribution in [0.5, 0.6) is 0 Å². The second-order valence-corrected chi connectivity index (χ2v) is 6.07. The van der Waals surface area contributed by atoms with E-state index >= 15 is 0 Å². The highest BCUT2D eigenvalue weighted by atomic mass is 32.2. The molecule has 1 N–H and O–H groups in total. The van der Waals surface area contributed by atoms with Gasteiger partial charge in [0.05, 0.1) is 0 Å². The van der Waals surface area contributed by atoms with Gasteiger partial charge in [-0.3, -0.25) is 0 Å². The molecule has 1 aliphatic rings. The molecule has 2 rings (SSSR count). The Morgan fingerprint density at radius 2 is 2.12 bits per heavy atom. The predicted octanol–water partition coefficient (Wildman–Crippen LogP) is 3.16. The lowest BCUT2D eigenvalue weighted by Gasteiger charge is -2.29. The van der Waals surface area contributed by atoms with Crippen molar-refractivity contribution in [2.75, 3.05) is 5.75 Å². The summed E-state index contributed by atoms with van der Waals surface area (Å²) >= 11 is 1.70. The normalized spacial score (nSPS) is 29.7. The van der Waals surface area contributed by atoms with E-state index in [1.54, 1.807) is 11.8 Å². The second kappa shape index (κ2) is 4.04. The van der Waals surface area contributed by atoms with Crippen LogP contribution in [-0.2, 0) is 5.60 Å². The van der Waals surface area contributed by atoms with E-state index in [1.807, 2.05) is 26.8 Å². The zero-order valence-corrected chi connectivity index (χ0v) is 10.7. The van der Waals surface area contributed by atoms with Crippen LogP contribution in [0.2, 0.25) is 0 Å². The zero-order valence-electron chi connectivity index (χ0n) is 9.88. The third-order valence-corrected chi connectivity index (χ3v) is 4.72. The Hall–Kier alpha value is -0.540. The van der Waals surface area contributed by atoms with Crippen molar-refractivity contribution in [2.24, 2.45) is 0 Å². The number of halogens is 1. The number of hydrogen-bond donors (Lipinski definition) is 1. The van der Waals surface area contributed by atoms with Crippen LogP contribution in [0.3, 0.4) is 0 Å². The Morgan fingerprint density at radius 1 is 1.44 bits per heavy atom. The standard InChI is InChI=1S/C13H17FOS/c1-8-6-9(2)12(11(14)7-8)13(15)4-5-16-10(13)3/h6-7,10,15H,4-5H2,1-3H3. The van der Waals surface area contributed by atoms with Crippen LogP contribution in [0.15, 0.2) is 12.1 Å². The highest BCUT2D eigenvalue weighted by molar-refractivity contribution is 8.00. The monoisotopic (exact) mass is 240 g/mol. The summed E-state index contributed by atoms with van der Waals surface area (Å²) in [6.45, 7) is 5.71. The summed E-state index contributed by atoms with van der Waals surface area (Å²) in [5, 5.41) is 10.7.